The Labute approximate surface area is 96.8 Å². The molecule has 0 aromatic carbocycles. The molecule has 0 saturated heterocycles. The molecule has 0 saturated carbocycles. The summed E-state index contributed by atoms with van der Waals surface area (Å²) in [6.07, 6.45) is 4.82. The van der Waals surface area contributed by atoms with Gasteiger partial charge < -0.3 is 0 Å². The van der Waals surface area contributed by atoms with Crippen LogP contribution in [0.5, 0.6) is 0 Å². The van der Waals surface area contributed by atoms with Gasteiger partial charge in [-0.15, -0.1) is 0 Å². The van der Waals surface area contributed by atoms with Crippen LogP contribution in [0, 0.1) is 5.82 Å². The van der Waals surface area contributed by atoms with Crippen LogP contribution in [0.3, 0.4) is 0 Å². The molecule has 0 amide bonds. The minimum Gasteiger partial charge on any atom is -0.298 e. The van der Waals surface area contributed by atoms with Crippen LogP contribution in [0.4, 0.5) is 4.39 Å². The van der Waals surface area contributed by atoms with Crippen molar-refractivity contribution in [2.24, 2.45) is 0 Å². The van der Waals surface area contributed by atoms with E-state index in [1.807, 2.05) is 0 Å². The van der Waals surface area contributed by atoms with Crippen molar-refractivity contribution in [1.29, 1.82) is 0 Å². The molecule has 16 heavy (non-hydrogen) atoms. The van der Waals surface area contributed by atoms with E-state index in [1.54, 1.807) is 12.2 Å². The van der Waals surface area contributed by atoms with Crippen molar-refractivity contribution in [2.45, 2.75) is 6.92 Å². The van der Waals surface area contributed by atoms with Crippen molar-refractivity contribution in [3.8, 4) is 0 Å². The lowest BCUT2D eigenvalue weighted by Gasteiger charge is -1.96. The molecule has 0 atom stereocenters. The molecule has 84 valence electrons. The summed E-state index contributed by atoms with van der Waals surface area (Å²) in [6, 6.07) is 1.36. The maximum Gasteiger partial charge on any atom is 0.186 e. The van der Waals surface area contributed by atoms with E-state index in [0.717, 1.165) is 6.20 Å². The SMILES string of the molecule is CC(=O)SCC=Cc1cc(C=O)c(F)cn1. The van der Waals surface area contributed by atoms with Gasteiger partial charge in [-0.1, -0.05) is 17.8 Å². The summed E-state index contributed by atoms with van der Waals surface area (Å²) in [5.41, 5.74) is 0.474. The largest absolute Gasteiger partial charge is 0.298 e. The van der Waals surface area contributed by atoms with Gasteiger partial charge in [0.15, 0.2) is 17.2 Å². The zero-order valence-electron chi connectivity index (χ0n) is 8.64. The van der Waals surface area contributed by atoms with Gasteiger partial charge >= 0.3 is 0 Å². The van der Waals surface area contributed by atoms with Crippen LogP contribution in [-0.4, -0.2) is 22.1 Å². The summed E-state index contributed by atoms with van der Waals surface area (Å²) >= 11 is 1.17. The van der Waals surface area contributed by atoms with Crippen LogP contribution < -0.4 is 0 Å². The maximum atomic E-state index is 12.9. The summed E-state index contributed by atoms with van der Waals surface area (Å²) in [7, 11) is 0. The smallest absolute Gasteiger partial charge is 0.186 e. The third kappa shape index (κ3) is 3.94. The first-order chi connectivity index (χ1) is 7.63. The molecular formula is C11H10FNO2S. The highest BCUT2D eigenvalue weighted by Crippen LogP contribution is 2.08. The molecule has 0 unspecified atom stereocenters. The number of halogens is 1. The Kier molecular flexibility index (Phi) is 4.85. The molecule has 0 aliphatic carbocycles. The van der Waals surface area contributed by atoms with Crippen molar-refractivity contribution >= 4 is 29.2 Å². The fourth-order valence-corrected chi connectivity index (χ4v) is 1.41. The molecule has 3 nitrogen and oxygen atoms in total. The topological polar surface area (TPSA) is 47.0 Å². The van der Waals surface area contributed by atoms with Gasteiger partial charge in [-0.25, -0.2) is 4.39 Å². The van der Waals surface area contributed by atoms with Gasteiger partial charge in [-0.05, 0) is 12.1 Å². The van der Waals surface area contributed by atoms with Gasteiger partial charge in [0.1, 0.15) is 0 Å². The molecule has 0 bridgehead atoms. The molecule has 1 aromatic heterocycles. The average molecular weight is 239 g/mol. The second-order valence-corrected chi connectivity index (χ2v) is 4.15. The van der Waals surface area contributed by atoms with E-state index in [9.17, 15) is 14.0 Å². The molecule has 1 aromatic rings. The van der Waals surface area contributed by atoms with E-state index in [-0.39, 0.29) is 10.7 Å². The van der Waals surface area contributed by atoms with E-state index in [0.29, 0.717) is 17.7 Å². The van der Waals surface area contributed by atoms with Crippen LogP contribution in [0.1, 0.15) is 23.0 Å². The highest BCUT2D eigenvalue weighted by atomic mass is 32.2. The van der Waals surface area contributed by atoms with Crippen molar-refractivity contribution in [3.05, 3.63) is 35.4 Å². The van der Waals surface area contributed by atoms with Crippen LogP contribution >= 0.6 is 11.8 Å². The van der Waals surface area contributed by atoms with Crippen LogP contribution in [0.15, 0.2) is 18.3 Å². The third-order valence-corrected chi connectivity index (χ3v) is 2.47. The first-order valence-electron chi connectivity index (χ1n) is 4.54. The number of pyridine rings is 1. The van der Waals surface area contributed by atoms with E-state index < -0.39 is 5.82 Å². The Hall–Kier alpha value is -1.49. The minimum atomic E-state index is -0.634. The third-order valence-electron chi connectivity index (χ3n) is 1.70. The Morgan fingerprint density at radius 1 is 1.62 bits per heavy atom. The van der Waals surface area contributed by atoms with Crippen LogP contribution in [0.2, 0.25) is 0 Å². The molecular weight excluding hydrogens is 229 g/mol. The molecule has 1 heterocycles. The molecule has 0 aliphatic rings. The average Bonchev–Trinajstić information content (AvgIpc) is 2.26. The number of aldehydes is 1. The zero-order chi connectivity index (χ0) is 12.0. The highest BCUT2D eigenvalue weighted by Gasteiger charge is 2.01. The number of carbonyl (C=O) groups is 2. The summed E-state index contributed by atoms with van der Waals surface area (Å²) in [5.74, 6) is -0.101. The summed E-state index contributed by atoms with van der Waals surface area (Å²) < 4.78 is 12.9. The fourth-order valence-electron chi connectivity index (χ4n) is 0.987. The van der Waals surface area contributed by atoms with E-state index in [2.05, 4.69) is 4.98 Å². The monoisotopic (exact) mass is 239 g/mol. The summed E-state index contributed by atoms with van der Waals surface area (Å²) in [5, 5.41) is 0.0327. The fraction of sp³-hybridized carbons (Fsp3) is 0.182. The number of nitrogens with zero attached hydrogens (tertiary/aromatic N) is 1. The van der Waals surface area contributed by atoms with Crippen molar-refractivity contribution in [3.63, 3.8) is 0 Å². The maximum absolute atomic E-state index is 12.9. The van der Waals surface area contributed by atoms with Crippen molar-refractivity contribution in [1.82, 2.24) is 4.98 Å². The number of carbonyl (C=O) groups excluding carboxylic acids is 2. The molecule has 0 spiro atoms. The number of thioether (sulfide) groups is 1. The van der Waals surface area contributed by atoms with E-state index in [4.69, 9.17) is 0 Å². The molecule has 5 heteroatoms. The lowest BCUT2D eigenvalue weighted by Crippen LogP contribution is -1.91. The number of rotatable bonds is 4. The zero-order valence-corrected chi connectivity index (χ0v) is 9.46. The number of aromatic nitrogens is 1. The van der Waals surface area contributed by atoms with Gasteiger partial charge in [0.05, 0.1) is 17.5 Å². The van der Waals surface area contributed by atoms with E-state index in [1.165, 1.54) is 24.8 Å². The first kappa shape index (κ1) is 12.6. The van der Waals surface area contributed by atoms with Crippen LogP contribution in [-0.2, 0) is 4.79 Å². The lowest BCUT2D eigenvalue weighted by molar-refractivity contribution is -0.109. The number of hydrogen-bond donors (Lipinski definition) is 0. The standard InChI is InChI=1S/C11H10FNO2S/c1-8(15)16-4-2-3-10-5-9(7-14)11(12)6-13-10/h2-3,5-7H,4H2,1H3. The Balaban J connectivity index is 2.67. The minimum absolute atomic E-state index is 0.0196. The molecule has 0 N–H and O–H groups in total. The molecule has 0 aliphatic heterocycles. The first-order valence-corrected chi connectivity index (χ1v) is 5.52. The van der Waals surface area contributed by atoms with Gasteiger partial charge in [-0.3, -0.25) is 14.6 Å². The summed E-state index contributed by atoms with van der Waals surface area (Å²) in [6.45, 7) is 1.49. The Morgan fingerprint density at radius 3 is 3.00 bits per heavy atom. The predicted octanol–water partition coefficient (Wildman–Crippen LogP) is 2.33. The quantitative estimate of drug-likeness (QED) is 0.756. The second kappa shape index (κ2) is 6.17. The Morgan fingerprint density at radius 2 is 2.38 bits per heavy atom. The Bertz CT molecular complexity index is 432. The molecule has 0 fully saturated rings. The summed E-state index contributed by atoms with van der Waals surface area (Å²) in [4.78, 5) is 24.9. The van der Waals surface area contributed by atoms with Gasteiger partial charge in [0.2, 0.25) is 0 Å². The van der Waals surface area contributed by atoms with Gasteiger partial charge in [0.25, 0.3) is 0 Å². The van der Waals surface area contributed by atoms with Gasteiger partial charge in [0, 0.05) is 12.7 Å². The lowest BCUT2D eigenvalue weighted by atomic mass is 10.2. The van der Waals surface area contributed by atoms with Crippen LogP contribution in [0.25, 0.3) is 6.08 Å². The molecule has 0 radical (unpaired) electrons. The predicted molar refractivity (Wildman–Crippen MR) is 61.8 cm³/mol. The van der Waals surface area contributed by atoms with E-state index >= 15 is 0 Å². The number of hydrogen-bond acceptors (Lipinski definition) is 4. The van der Waals surface area contributed by atoms with Crippen molar-refractivity contribution in [2.75, 3.05) is 5.75 Å². The molecule has 1 rings (SSSR count). The van der Waals surface area contributed by atoms with Crippen molar-refractivity contribution < 1.29 is 14.0 Å². The normalized spacial score (nSPS) is 10.6. The highest BCUT2D eigenvalue weighted by molar-refractivity contribution is 8.13. The second-order valence-electron chi connectivity index (χ2n) is 2.95. The van der Waals surface area contributed by atoms with Gasteiger partial charge in [-0.2, -0.15) is 0 Å².